The number of nitrogens with two attached hydrogens (primary N) is 1. The summed E-state index contributed by atoms with van der Waals surface area (Å²) in [5, 5.41) is 8.53. The second-order valence-corrected chi connectivity index (χ2v) is 14.6. The van der Waals surface area contributed by atoms with Crippen molar-refractivity contribution >= 4 is 45.1 Å². The third kappa shape index (κ3) is 5.71. The van der Waals surface area contributed by atoms with E-state index < -0.39 is 0 Å². The van der Waals surface area contributed by atoms with Gasteiger partial charge in [-0.2, -0.15) is 0 Å². The molecule has 3 aliphatic rings. The van der Waals surface area contributed by atoms with Crippen LogP contribution in [0.4, 0.5) is 11.4 Å². The van der Waals surface area contributed by atoms with Crippen molar-refractivity contribution in [1.29, 1.82) is 0 Å². The maximum Gasteiger partial charge on any atom is 0.230 e. The Kier molecular flexibility index (Phi) is 8.14. The molecule has 3 N–H and O–H groups in total. The number of nitrogens with one attached hydrogen (secondary N) is 1. The van der Waals surface area contributed by atoms with Crippen LogP contribution in [0.5, 0.6) is 0 Å². The number of hydrogen-bond acceptors (Lipinski definition) is 3. The summed E-state index contributed by atoms with van der Waals surface area (Å²) in [6, 6.07) is 51.9. The first-order valence-electron chi connectivity index (χ1n) is 19.0. The van der Waals surface area contributed by atoms with E-state index >= 15 is 0 Å². The van der Waals surface area contributed by atoms with Crippen LogP contribution in [0.15, 0.2) is 180 Å². The summed E-state index contributed by atoms with van der Waals surface area (Å²) in [5.74, 6) is 4.25. The van der Waals surface area contributed by atoms with Crippen molar-refractivity contribution in [2.24, 2.45) is 4.99 Å². The average molecular weight is 711 g/mol. The van der Waals surface area contributed by atoms with Crippen LogP contribution in [0.1, 0.15) is 46.8 Å². The van der Waals surface area contributed by atoms with Gasteiger partial charge in [-0.3, -0.25) is 5.32 Å². The first-order valence-corrected chi connectivity index (χ1v) is 19.0. The molecular formula is C50H40N5+. The molecule has 6 aromatic carbocycles. The largest absolute Gasteiger partial charge is 0.333 e. The van der Waals surface area contributed by atoms with E-state index in [0.29, 0.717) is 0 Å². The molecule has 4 atom stereocenters. The molecule has 0 radical (unpaired) electrons. The van der Waals surface area contributed by atoms with E-state index in [9.17, 15) is 0 Å². The van der Waals surface area contributed by atoms with Crippen LogP contribution in [-0.2, 0) is 0 Å². The molecule has 1 aliphatic carbocycles. The number of fused-ring (bicyclic) bond motifs is 6. The van der Waals surface area contributed by atoms with Crippen molar-refractivity contribution < 1.29 is 5.32 Å². The molecule has 0 bridgehead atoms. The van der Waals surface area contributed by atoms with Gasteiger partial charge < -0.3 is 9.47 Å². The zero-order chi connectivity index (χ0) is 36.9. The lowest BCUT2D eigenvalue weighted by atomic mass is 9.90. The van der Waals surface area contributed by atoms with Gasteiger partial charge in [-0.05, 0) is 78.2 Å². The summed E-state index contributed by atoms with van der Waals surface area (Å²) >= 11 is 0. The molecule has 5 nitrogen and oxygen atoms in total. The van der Waals surface area contributed by atoms with Crippen molar-refractivity contribution in [2.75, 3.05) is 4.90 Å². The minimum atomic E-state index is -0.222. The Morgan fingerprint density at radius 1 is 0.745 bits per heavy atom. The Hall–Kier alpha value is -6.71. The molecule has 7 aromatic rings. The van der Waals surface area contributed by atoms with Crippen molar-refractivity contribution in [3.63, 3.8) is 0 Å². The number of rotatable bonds is 6. The summed E-state index contributed by atoms with van der Waals surface area (Å²) in [5.41, 5.74) is 12.4. The summed E-state index contributed by atoms with van der Waals surface area (Å²) in [4.78, 5) is 7.68. The highest BCUT2D eigenvalue weighted by Crippen LogP contribution is 2.50. The van der Waals surface area contributed by atoms with Crippen LogP contribution in [0.25, 0.3) is 33.6 Å². The molecule has 4 unspecified atom stereocenters. The smallest absolute Gasteiger partial charge is 0.230 e. The van der Waals surface area contributed by atoms with Gasteiger partial charge in [0.05, 0.1) is 22.6 Å². The minimum Gasteiger partial charge on any atom is -0.333 e. The monoisotopic (exact) mass is 710 g/mol. The van der Waals surface area contributed by atoms with Gasteiger partial charge in [0, 0.05) is 44.9 Å². The molecule has 0 saturated carbocycles. The Balaban J connectivity index is 1.05. The van der Waals surface area contributed by atoms with Crippen molar-refractivity contribution in [3.8, 4) is 18.0 Å². The van der Waals surface area contributed by atoms with Gasteiger partial charge in [0.1, 0.15) is 6.17 Å². The molecule has 0 saturated heterocycles. The maximum absolute atomic E-state index is 6.32. The van der Waals surface area contributed by atoms with Crippen molar-refractivity contribution in [2.45, 2.75) is 31.2 Å². The first-order chi connectivity index (χ1) is 27.1. The number of nitrogens with zero attached hydrogens (tertiary/aromatic N) is 3. The van der Waals surface area contributed by atoms with Crippen molar-refractivity contribution in [1.82, 2.24) is 9.88 Å². The molecule has 55 heavy (non-hydrogen) atoms. The molecule has 3 heterocycles. The number of benzene rings is 6. The summed E-state index contributed by atoms with van der Waals surface area (Å²) in [7, 11) is 0. The van der Waals surface area contributed by atoms with Crippen molar-refractivity contribution in [3.05, 3.63) is 203 Å². The third-order valence-corrected chi connectivity index (χ3v) is 11.3. The van der Waals surface area contributed by atoms with Gasteiger partial charge in [0.25, 0.3) is 0 Å². The summed E-state index contributed by atoms with van der Waals surface area (Å²) in [6.45, 7) is 2.14. The summed E-state index contributed by atoms with van der Waals surface area (Å²) in [6.07, 6.45) is 17.3. The molecule has 5 heteroatoms. The lowest BCUT2D eigenvalue weighted by molar-refractivity contribution is -0.599. The highest BCUT2D eigenvalue weighted by molar-refractivity contribution is 6.11. The van der Waals surface area contributed by atoms with E-state index in [1.165, 1.54) is 38.6 Å². The zero-order valence-corrected chi connectivity index (χ0v) is 30.5. The fraction of sp³-hybridized carbons (Fsp3) is 0.100. The molecule has 0 amide bonds. The van der Waals surface area contributed by atoms with Gasteiger partial charge in [0.2, 0.25) is 5.84 Å². The van der Waals surface area contributed by atoms with Crippen LogP contribution >= 0.6 is 0 Å². The minimum absolute atomic E-state index is 0.0181. The van der Waals surface area contributed by atoms with E-state index in [2.05, 4.69) is 203 Å². The second-order valence-electron chi connectivity index (χ2n) is 14.6. The Morgan fingerprint density at radius 3 is 2.27 bits per heavy atom. The van der Waals surface area contributed by atoms with E-state index in [1.807, 2.05) is 6.07 Å². The topological polar surface area (TPSA) is 49.2 Å². The highest BCUT2D eigenvalue weighted by Gasteiger charge is 2.38. The first kappa shape index (κ1) is 32.9. The number of aliphatic imine (C=N–C) groups is 1. The van der Waals surface area contributed by atoms with E-state index in [-0.39, 0.29) is 24.3 Å². The molecule has 0 fully saturated rings. The van der Waals surface area contributed by atoms with Crippen LogP contribution in [0.2, 0.25) is 0 Å². The maximum atomic E-state index is 6.32. The van der Waals surface area contributed by atoms with Crippen LogP contribution in [-0.4, -0.2) is 22.6 Å². The van der Waals surface area contributed by atoms with Gasteiger partial charge in [0.15, 0.2) is 6.17 Å². The number of aromatic nitrogens is 1. The Bertz CT molecular complexity index is 2750. The lowest BCUT2D eigenvalue weighted by Crippen LogP contribution is -2.94. The molecule has 0 spiro atoms. The Morgan fingerprint density at radius 2 is 1.47 bits per heavy atom. The fourth-order valence-electron chi connectivity index (χ4n) is 8.68. The molecule has 2 aliphatic heterocycles. The number of amidine groups is 1. The van der Waals surface area contributed by atoms with Gasteiger partial charge >= 0.3 is 0 Å². The molecule has 1 aromatic heterocycles. The number of allylic oxidation sites excluding steroid dienone is 2. The zero-order valence-electron chi connectivity index (χ0n) is 30.5. The predicted octanol–water partition coefficient (Wildman–Crippen LogP) is 9.54. The number of para-hydroxylation sites is 2. The fourth-order valence-corrected chi connectivity index (χ4v) is 8.68. The second kappa shape index (κ2) is 13.6. The number of anilines is 2. The quantitative estimate of drug-likeness (QED) is 0.169. The molecule has 10 rings (SSSR count). The van der Waals surface area contributed by atoms with Crippen LogP contribution < -0.4 is 15.5 Å². The van der Waals surface area contributed by atoms with Gasteiger partial charge in [-0.1, -0.05) is 127 Å². The van der Waals surface area contributed by atoms with E-state index in [1.54, 1.807) is 0 Å². The summed E-state index contributed by atoms with van der Waals surface area (Å²) < 4.78 is 2.39. The average Bonchev–Trinajstić information content (AvgIpc) is 3.75. The van der Waals surface area contributed by atoms with E-state index in [0.717, 1.165) is 39.5 Å². The SMILES string of the molecule is C#Cc1cc(N2c3cc4c(cc3C3C=CC=CC32)c2ccccc2n4-c2ccccc2)ccc1C=C(C)C1N=C(c2ccccc2)[NH2+]C(c2ccccc2)N1. The Labute approximate surface area is 321 Å². The molecule has 264 valence electrons. The van der Waals surface area contributed by atoms with Crippen LogP contribution in [0.3, 0.4) is 0 Å². The van der Waals surface area contributed by atoms with Crippen LogP contribution in [0, 0.1) is 12.3 Å². The predicted molar refractivity (Wildman–Crippen MR) is 227 cm³/mol. The number of terminal acetylenes is 1. The normalized spacial score (nSPS) is 20.3. The number of hydrogen-bond donors (Lipinski definition) is 2. The highest BCUT2D eigenvalue weighted by atomic mass is 15.3. The van der Waals surface area contributed by atoms with Gasteiger partial charge in [-0.25, -0.2) is 10.3 Å². The van der Waals surface area contributed by atoms with E-state index in [4.69, 9.17) is 11.4 Å². The lowest BCUT2D eigenvalue weighted by Gasteiger charge is -2.29. The van der Waals surface area contributed by atoms with Gasteiger partial charge in [-0.15, -0.1) is 6.42 Å². The number of quaternary nitrogens is 1. The molecular weight excluding hydrogens is 671 g/mol. The third-order valence-electron chi connectivity index (χ3n) is 11.3. The standard InChI is InChI=1S/C50H39N5/c1-3-34-30-39(28-27-37(34)29-33(2)48-51-49(35-17-7-4-8-18-35)53-50(52-48)36-19-9-5-10-20-36)55-45-26-16-14-24-41(45)43-31-42-40-23-13-15-25-44(40)54(46(42)32-47(43)55)38-21-11-6-12-22-38/h1,4-32,41,45,48-49,51H,2H3,(H,52,53)/p+1.